The standard InChI is InChI=1S/C17H23N3O3/c21-16(11-15-3-1-2-6-18-15)19-7-9-20(10-8-19)17(22)13-23-12-14-4-5-14/h1-3,6,14H,4-5,7-13H2. The second kappa shape index (κ2) is 7.55. The highest BCUT2D eigenvalue weighted by molar-refractivity contribution is 5.80. The first-order chi connectivity index (χ1) is 11.2. The SMILES string of the molecule is O=C(COCC1CC1)N1CCN(C(=O)Cc2ccccn2)CC1. The number of nitrogens with zero attached hydrogens (tertiary/aromatic N) is 3. The molecule has 2 aliphatic rings. The maximum atomic E-state index is 12.3. The molecule has 0 N–H and O–H groups in total. The Labute approximate surface area is 136 Å². The normalized spacial score (nSPS) is 18.1. The topological polar surface area (TPSA) is 62.7 Å². The van der Waals surface area contributed by atoms with Crippen LogP contribution in [0.15, 0.2) is 24.4 Å². The molecule has 1 aromatic heterocycles. The molecule has 2 fully saturated rings. The first-order valence-electron chi connectivity index (χ1n) is 8.25. The fourth-order valence-electron chi connectivity index (χ4n) is 2.66. The van der Waals surface area contributed by atoms with Crippen molar-refractivity contribution >= 4 is 11.8 Å². The number of hydrogen-bond acceptors (Lipinski definition) is 4. The van der Waals surface area contributed by atoms with Gasteiger partial charge in [0.2, 0.25) is 11.8 Å². The van der Waals surface area contributed by atoms with Crippen LogP contribution in [0, 0.1) is 5.92 Å². The van der Waals surface area contributed by atoms with Crippen molar-refractivity contribution in [3.63, 3.8) is 0 Å². The fourth-order valence-corrected chi connectivity index (χ4v) is 2.66. The largest absolute Gasteiger partial charge is 0.371 e. The molecule has 0 spiro atoms. The van der Waals surface area contributed by atoms with Gasteiger partial charge in [0, 0.05) is 38.1 Å². The van der Waals surface area contributed by atoms with E-state index in [4.69, 9.17) is 4.74 Å². The molecule has 2 amide bonds. The Hall–Kier alpha value is -1.95. The van der Waals surface area contributed by atoms with Gasteiger partial charge in [0.25, 0.3) is 0 Å². The second-order valence-corrected chi connectivity index (χ2v) is 6.22. The molecule has 1 saturated carbocycles. The van der Waals surface area contributed by atoms with E-state index in [1.54, 1.807) is 11.1 Å². The van der Waals surface area contributed by atoms with Crippen molar-refractivity contribution < 1.29 is 14.3 Å². The number of piperazine rings is 1. The van der Waals surface area contributed by atoms with Crippen LogP contribution in [0.4, 0.5) is 0 Å². The number of aromatic nitrogens is 1. The molecule has 1 aliphatic heterocycles. The number of carbonyl (C=O) groups is 2. The Balaban J connectivity index is 1.38. The molecular weight excluding hydrogens is 294 g/mol. The van der Waals surface area contributed by atoms with Crippen molar-refractivity contribution in [1.82, 2.24) is 14.8 Å². The lowest BCUT2D eigenvalue weighted by Crippen LogP contribution is -2.51. The van der Waals surface area contributed by atoms with E-state index in [1.165, 1.54) is 12.8 Å². The minimum Gasteiger partial charge on any atom is -0.371 e. The highest BCUT2D eigenvalue weighted by Gasteiger charge is 2.25. The first-order valence-corrected chi connectivity index (χ1v) is 8.25. The molecule has 1 saturated heterocycles. The minimum absolute atomic E-state index is 0.0301. The van der Waals surface area contributed by atoms with Crippen molar-refractivity contribution in [2.75, 3.05) is 39.4 Å². The Morgan fingerprint density at radius 3 is 2.39 bits per heavy atom. The van der Waals surface area contributed by atoms with Crippen molar-refractivity contribution in [3.05, 3.63) is 30.1 Å². The van der Waals surface area contributed by atoms with E-state index >= 15 is 0 Å². The molecular formula is C17H23N3O3. The predicted octanol–water partition coefficient (Wildman–Crippen LogP) is 0.721. The minimum atomic E-state index is 0.0301. The number of rotatable bonds is 6. The number of pyridine rings is 1. The van der Waals surface area contributed by atoms with Gasteiger partial charge >= 0.3 is 0 Å². The summed E-state index contributed by atoms with van der Waals surface area (Å²) in [6.45, 7) is 3.20. The van der Waals surface area contributed by atoms with Crippen molar-refractivity contribution in [1.29, 1.82) is 0 Å². The zero-order chi connectivity index (χ0) is 16.1. The Morgan fingerprint density at radius 2 is 1.78 bits per heavy atom. The lowest BCUT2D eigenvalue weighted by atomic mass is 10.2. The molecule has 124 valence electrons. The summed E-state index contributed by atoms with van der Waals surface area (Å²) in [4.78, 5) is 32.1. The van der Waals surface area contributed by atoms with Crippen LogP contribution in [0.2, 0.25) is 0 Å². The van der Waals surface area contributed by atoms with Gasteiger partial charge in [0.1, 0.15) is 6.61 Å². The van der Waals surface area contributed by atoms with E-state index in [-0.39, 0.29) is 18.4 Å². The van der Waals surface area contributed by atoms with Crippen LogP contribution in [0.25, 0.3) is 0 Å². The monoisotopic (exact) mass is 317 g/mol. The number of amides is 2. The van der Waals surface area contributed by atoms with Gasteiger partial charge in [-0.25, -0.2) is 0 Å². The van der Waals surface area contributed by atoms with Gasteiger partial charge in [-0.15, -0.1) is 0 Å². The van der Waals surface area contributed by atoms with E-state index in [0.29, 0.717) is 45.1 Å². The summed E-state index contributed by atoms with van der Waals surface area (Å²) in [5.74, 6) is 0.770. The molecule has 1 aliphatic carbocycles. The molecule has 23 heavy (non-hydrogen) atoms. The maximum absolute atomic E-state index is 12.3. The smallest absolute Gasteiger partial charge is 0.248 e. The van der Waals surface area contributed by atoms with Crippen LogP contribution in [-0.4, -0.2) is 66.0 Å². The number of ether oxygens (including phenoxy) is 1. The maximum Gasteiger partial charge on any atom is 0.248 e. The first kappa shape index (κ1) is 15.9. The highest BCUT2D eigenvalue weighted by Crippen LogP contribution is 2.28. The number of hydrogen-bond donors (Lipinski definition) is 0. The lowest BCUT2D eigenvalue weighted by Gasteiger charge is -2.34. The summed E-state index contributed by atoms with van der Waals surface area (Å²) in [5, 5.41) is 0. The van der Waals surface area contributed by atoms with Gasteiger partial charge < -0.3 is 14.5 Å². The van der Waals surface area contributed by atoms with Crippen molar-refractivity contribution in [2.45, 2.75) is 19.3 Å². The number of carbonyl (C=O) groups excluding carboxylic acids is 2. The Bertz CT molecular complexity index is 537. The molecule has 0 bridgehead atoms. The summed E-state index contributed by atoms with van der Waals surface area (Å²) < 4.78 is 5.45. The van der Waals surface area contributed by atoms with Crippen LogP contribution in [-0.2, 0) is 20.7 Å². The van der Waals surface area contributed by atoms with Gasteiger partial charge in [0.05, 0.1) is 13.0 Å². The molecule has 6 nitrogen and oxygen atoms in total. The van der Waals surface area contributed by atoms with Crippen LogP contribution in [0.5, 0.6) is 0 Å². The molecule has 2 heterocycles. The van der Waals surface area contributed by atoms with Gasteiger partial charge in [-0.05, 0) is 30.9 Å². The Morgan fingerprint density at radius 1 is 1.09 bits per heavy atom. The summed E-state index contributed by atoms with van der Waals surface area (Å²) in [7, 11) is 0. The zero-order valence-corrected chi connectivity index (χ0v) is 13.3. The van der Waals surface area contributed by atoms with E-state index in [9.17, 15) is 9.59 Å². The van der Waals surface area contributed by atoms with Crippen molar-refractivity contribution in [3.8, 4) is 0 Å². The average molecular weight is 317 g/mol. The fraction of sp³-hybridized carbons (Fsp3) is 0.588. The molecule has 0 atom stereocenters. The lowest BCUT2D eigenvalue weighted by molar-refractivity contribution is -0.142. The molecule has 0 radical (unpaired) electrons. The van der Waals surface area contributed by atoms with E-state index in [1.807, 2.05) is 23.1 Å². The molecule has 6 heteroatoms. The third kappa shape index (κ3) is 4.76. The van der Waals surface area contributed by atoms with Crippen molar-refractivity contribution in [2.24, 2.45) is 5.92 Å². The zero-order valence-electron chi connectivity index (χ0n) is 13.3. The van der Waals surface area contributed by atoms with Crippen LogP contribution in [0.1, 0.15) is 18.5 Å². The summed E-state index contributed by atoms with van der Waals surface area (Å²) >= 11 is 0. The van der Waals surface area contributed by atoms with Gasteiger partial charge in [-0.1, -0.05) is 6.07 Å². The molecule has 3 rings (SSSR count). The molecule has 0 unspecified atom stereocenters. The average Bonchev–Trinajstić information content (AvgIpc) is 3.40. The summed E-state index contributed by atoms with van der Waals surface area (Å²) in [6, 6.07) is 5.58. The van der Waals surface area contributed by atoms with Gasteiger partial charge in [-0.3, -0.25) is 14.6 Å². The third-order valence-corrected chi connectivity index (χ3v) is 4.32. The summed E-state index contributed by atoms with van der Waals surface area (Å²) in [5.41, 5.74) is 0.782. The Kier molecular flexibility index (Phi) is 5.23. The van der Waals surface area contributed by atoms with Gasteiger partial charge in [-0.2, -0.15) is 0 Å². The van der Waals surface area contributed by atoms with Crippen LogP contribution < -0.4 is 0 Å². The van der Waals surface area contributed by atoms with Crippen LogP contribution in [0.3, 0.4) is 0 Å². The summed E-state index contributed by atoms with van der Waals surface area (Å²) in [6.07, 6.45) is 4.47. The molecule has 1 aromatic rings. The van der Waals surface area contributed by atoms with E-state index in [0.717, 1.165) is 5.69 Å². The van der Waals surface area contributed by atoms with E-state index < -0.39 is 0 Å². The molecule has 0 aromatic carbocycles. The highest BCUT2D eigenvalue weighted by atomic mass is 16.5. The van der Waals surface area contributed by atoms with Crippen LogP contribution >= 0.6 is 0 Å². The second-order valence-electron chi connectivity index (χ2n) is 6.22. The third-order valence-electron chi connectivity index (χ3n) is 4.32. The van der Waals surface area contributed by atoms with E-state index in [2.05, 4.69) is 4.98 Å². The quantitative estimate of drug-likeness (QED) is 0.776. The predicted molar refractivity (Wildman–Crippen MR) is 84.6 cm³/mol. The van der Waals surface area contributed by atoms with Gasteiger partial charge in [0.15, 0.2) is 0 Å².